The molecule has 0 bridgehead atoms. The third-order valence-electron chi connectivity index (χ3n) is 3.70. The van der Waals surface area contributed by atoms with E-state index in [1.54, 1.807) is 0 Å². The van der Waals surface area contributed by atoms with Crippen molar-refractivity contribution in [3.8, 4) is 11.5 Å². The average Bonchev–Trinajstić information content (AvgIpc) is 2.48. The summed E-state index contributed by atoms with van der Waals surface area (Å²) in [6.07, 6.45) is 1.15. The van der Waals surface area contributed by atoms with E-state index in [1.807, 2.05) is 43.3 Å². The summed E-state index contributed by atoms with van der Waals surface area (Å²) in [6.45, 7) is 6.42. The fourth-order valence-corrected chi connectivity index (χ4v) is 2.08. The summed E-state index contributed by atoms with van der Waals surface area (Å²) in [5.41, 5.74) is 8.30. The number of ether oxygens (including phenoxy) is 1. The van der Waals surface area contributed by atoms with E-state index in [4.69, 9.17) is 10.5 Å². The van der Waals surface area contributed by atoms with Crippen LogP contribution in [0.3, 0.4) is 0 Å². The number of nitrogens with two attached hydrogens (primary N) is 1. The van der Waals surface area contributed by atoms with Crippen molar-refractivity contribution in [2.75, 3.05) is 0 Å². The third kappa shape index (κ3) is 3.61. The molecule has 0 aliphatic heterocycles. The highest BCUT2D eigenvalue weighted by Crippen LogP contribution is 2.26. The molecule has 0 saturated heterocycles. The Balaban J connectivity index is 2.06. The zero-order chi connectivity index (χ0) is 14.5. The predicted molar refractivity (Wildman–Crippen MR) is 84.3 cm³/mol. The maximum absolute atomic E-state index is 5.84. The molecule has 2 atom stereocenters. The van der Waals surface area contributed by atoms with Gasteiger partial charge in [-0.2, -0.15) is 0 Å². The van der Waals surface area contributed by atoms with Crippen molar-refractivity contribution in [2.24, 2.45) is 5.73 Å². The highest BCUT2D eigenvalue weighted by molar-refractivity contribution is 5.35. The van der Waals surface area contributed by atoms with E-state index in [0.29, 0.717) is 5.92 Å². The Labute approximate surface area is 121 Å². The van der Waals surface area contributed by atoms with Crippen LogP contribution in [0, 0.1) is 0 Å². The van der Waals surface area contributed by atoms with Crippen LogP contribution in [0.5, 0.6) is 11.5 Å². The molecular weight excluding hydrogens is 246 g/mol. The van der Waals surface area contributed by atoms with E-state index in [2.05, 4.69) is 26.0 Å². The van der Waals surface area contributed by atoms with Crippen LogP contribution in [0.4, 0.5) is 0 Å². The molecular formula is C18H23NO. The standard InChI is InChI=1S/C18H23NO/c1-4-13(2)15-5-9-17(10-6-15)20-18-11-7-16(8-12-18)14(3)19/h5-14H,4,19H2,1-3H3. The monoisotopic (exact) mass is 269 g/mol. The quantitative estimate of drug-likeness (QED) is 0.827. The van der Waals surface area contributed by atoms with Crippen LogP contribution in [0.15, 0.2) is 48.5 Å². The summed E-state index contributed by atoms with van der Waals surface area (Å²) in [5, 5.41) is 0. The first-order chi connectivity index (χ1) is 9.60. The van der Waals surface area contributed by atoms with Crippen molar-refractivity contribution in [3.05, 3.63) is 59.7 Å². The Bertz CT molecular complexity index is 528. The average molecular weight is 269 g/mol. The van der Waals surface area contributed by atoms with Crippen LogP contribution in [-0.4, -0.2) is 0 Å². The lowest BCUT2D eigenvalue weighted by Crippen LogP contribution is -2.04. The number of hydrogen-bond donors (Lipinski definition) is 1. The van der Waals surface area contributed by atoms with E-state index >= 15 is 0 Å². The van der Waals surface area contributed by atoms with E-state index in [-0.39, 0.29) is 6.04 Å². The second-order valence-corrected chi connectivity index (χ2v) is 5.34. The third-order valence-corrected chi connectivity index (χ3v) is 3.70. The first-order valence-electron chi connectivity index (χ1n) is 7.23. The molecule has 0 spiro atoms. The van der Waals surface area contributed by atoms with Crippen molar-refractivity contribution in [1.29, 1.82) is 0 Å². The molecule has 106 valence electrons. The lowest BCUT2D eigenvalue weighted by molar-refractivity contribution is 0.482. The van der Waals surface area contributed by atoms with Crippen molar-refractivity contribution >= 4 is 0 Å². The van der Waals surface area contributed by atoms with Gasteiger partial charge in [0, 0.05) is 6.04 Å². The van der Waals surface area contributed by atoms with Crippen molar-refractivity contribution < 1.29 is 4.74 Å². The highest BCUT2D eigenvalue weighted by atomic mass is 16.5. The molecule has 2 rings (SSSR count). The molecule has 2 aromatic carbocycles. The van der Waals surface area contributed by atoms with Crippen molar-refractivity contribution in [1.82, 2.24) is 0 Å². The fraction of sp³-hybridized carbons (Fsp3) is 0.333. The van der Waals surface area contributed by atoms with Gasteiger partial charge in [0.15, 0.2) is 0 Å². The summed E-state index contributed by atoms with van der Waals surface area (Å²) in [6, 6.07) is 16.3. The Hall–Kier alpha value is -1.80. The molecule has 0 fully saturated rings. The lowest BCUT2D eigenvalue weighted by atomic mass is 9.99. The SMILES string of the molecule is CCC(C)c1ccc(Oc2ccc(C(C)N)cc2)cc1. The zero-order valence-corrected chi connectivity index (χ0v) is 12.5. The summed E-state index contributed by atoms with van der Waals surface area (Å²) in [7, 11) is 0. The molecule has 20 heavy (non-hydrogen) atoms. The second kappa shape index (κ2) is 6.58. The van der Waals surface area contributed by atoms with Gasteiger partial charge in [-0.3, -0.25) is 0 Å². The summed E-state index contributed by atoms with van der Waals surface area (Å²) < 4.78 is 5.84. The van der Waals surface area contributed by atoms with Gasteiger partial charge in [0.05, 0.1) is 0 Å². The van der Waals surface area contributed by atoms with Crippen LogP contribution >= 0.6 is 0 Å². The van der Waals surface area contributed by atoms with Gasteiger partial charge in [0.25, 0.3) is 0 Å². The molecule has 2 unspecified atom stereocenters. The van der Waals surface area contributed by atoms with Crippen LogP contribution in [0.1, 0.15) is 50.3 Å². The van der Waals surface area contributed by atoms with E-state index in [1.165, 1.54) is 5.56 Å². The summed E-state index contributed by atoms with van der Waals surface area (Å²) >= 11 is 0. The predicted octanol–water partition coefficient (Wildman–Crippen LogP) is 5.01. The van der Waals surface area contributed by atoms with Gasteiger partial charge in [-0.05, 0) is 54.7 Å². The van der Waals surface area contributed by atoms with Gasteiger partial charge in [0.1, 0.15) is 11.5 Å². The van der Waals surface area contributed by atoms with Gasteiger partial charge >= 0.3 is 0 Å². The van der Waals surface area contributed by atoms with Crippen molar-refractivity contribution in [2.45, 2.75) is 39.2 Å². The maximum Gasteiger partial charge on any atom is 0.127 e. The zero-order valence-electron chi connectivity index (χ0n) is 12.5. The van der Waals surface area contributed by atoms with E-state index < -0.39 is 0 Å². The lowest BCUT2D eigenvalue weighted by Gasteiger charge is -2.11. The largest absolute Gasteiger partial charge is 0.457 e. The molecule has 0 radical (unpaired) electrons. The highest BCUT2D eigenvalue weighted by Gasteiger charge is 2.04. The molecule has 0 saturated carbocycles. The Kier molecular flexibility index (Phi) is 4.80. The van der Waals surface area contributed by atoms with Crippen LogP contribution in [-0.2, 0) is 0 Å². The number of benzene rings is 2. The minimum atomic E-state index is 0.0545. The van der Waals surface area contributed by atoms with Gasteiger partial charge < -0.3 is 10.5 Å². The molecule has 0 aliphatic rings. The first kappa shape index (κ1) is 14.6. The number of hydrogen-bond acceptors (Lipinski definition) is 2. The minimum Gasteiger partial charge on any atom is -0.457 e. The normalized spacial score (nSPS) is 13.8. The Morgan fingerprint density at radius 3 is 1.70 bits per heavy atom. The molecule has 2 aromatic rings. The van der Waals surface area contributed by atoms with Gasteiger partial charge in [0.2, 0.25) is 0 Å². The summed E-state index contributed by atoms with van der Waals surface area (Å²) in [5.74, 6) is 2.30. The van der Waals surface area contributed by atoms with E-state index in [9.17, 15) is 0 Å². The van der Waals surface area contributed by atoms with Gasteiger partial charge in [-0.25, -0.2) is 0 Å². The molecule has 0 aromatic heterocycles. The van der Waals surface area contributed by atoms with Gasteiger partial charge in [-0.1, -0.05) is 38.1 Å². The van der Waals surface area contributed by atoms with Gasteiger partial charge in [-0.15, -0.1) is 0 Å². The Morgan fingerprint density at radius 2 is 1.30 bits per heavy atom. The van der Waals surface area contributed by atoms with Crippen LogP contribution in [0.2, 0.25) is 0 Å². The van der Waals surface area contributed by atoms with E-state index in [0.717, 1.165) is 23.5 Å². The maximum atomic E-state index is 5.84. The first-order valence-corrected chi connectivity index (χ1v) is 7.23. The molecule has 0 aliphatic carbocycles. The molecule has 0 amide bonds. The number of rotatable bonds is 5. The minimum absolute atomic E-state index is 0.0545. The van der Waals surface area contributed by atoms with Crippen LogP contribution in [0.25, 0.3) is 0 Å². The summed E-state index contributed by atoms with van der Waals surface area (Å²) in [4.78, 5) is 0. The molecule has 0 heterocycles. The molecule has 2 N–H and O–H groups in total. The fourth-order valence-electron chi connectivity index (χ4n) is 2.08. The molecule has 2 nitrogen and oxygen atoms in total. The topological polar surface area (TPSA) is 35.2 Å². The van der Waals surface area contributed by atoms with Crippen LogP contribution < -0.4 is 10.5 Å². The van der Waals surface area contributed by atoms with Crippen molar-refractivity contribution in [3.63, 3.8) is 0 Å². The second-order valence-electron chi connectivity index (χ2n) is 5.34. The Morgan fingerprint density at radius 1 is 0.850 bits per heavy atom. The molecule has 2 heteroatoms. The smallest absolute Gasteiger partial charge is 0.127 e.